The van der Waals surface area contributed by atoms with E-state index in [4.69, 9.17) is 5.73 Å². The molecule has 1 saturated heterocycles. The lowest BCUT2D eigenvalue weighted by Gasteiger charge is -2.36. The number of hydrogen-bond donors (Lipinski definition) is 1. The summed E-state index contributed by atoms with van der Waals surface area (Å²) >= 11 is 0. The molecule has 6 heteroatoms. The first kappa shape index (κ1) is 20.1. The van der Waals surface area contributed by atoms with Gasteiger partial charge in [-0.15, -0.1) is 24.8 Å². The minimum atomic E-state index is 0. The molecule has 1 aromatic carbocycles. The number of nitrogens with two attached hydrogens (primary N) is 1. The van der Waals surface area contributed by atoms with Crippen LogP contribution in [0.15, 0.2) is 30.3 Å². The molecule has 130 valence electrons. The summed E-state index contributed by atoms with van der Waals surface area (Å²) in [5.41, 5.74) is 7.33. The molecular formula is C17H27Cl2N3O. The number of anilines is 1. The van der Waals surface area contributed by atoms with Crippen molar-refractivity contribution in [3.63, 3.8) is 0 Å². The SMILES string of the molecule is Cl.Cl.N[C@@H]1CCC[C@H]1CC(=O)N1CCN(c2ccccc2)CC1. The van der Waals surface area contributed by atoms with E-state index in [1.807, 2.05) is 11.0 Å². The first-order valence-corrected chi connectivity index (χ1v) is 8.07. The van der Waals surface area contributed by atoms with E-state index in [2.05, 4.69) is 29.2 Å². The summed E-state index contributed by atoms with van der Waals surface area (Å²) in [5.74, 6) is 0.703. The molecule has 1 aliphatic carbocycles. The van der Waals surface area contributed by atoms with Gasteiger partial charge in [-0.25, -0.2) is 0 Å². The monoisotopic (exact) mass is 359 g/mol. The Balaban J connectivity index is 0.00000132. The van der Waals surface area contributed by atoms with Gasteiger partial charge < -0.3 is 15.5 Å². The Hall–Kier alpha value is -0.970. The highest BCUT2D eigenvalue weighted by atomic mass is 35.5. The van der Waals surface area contributed by atoms with Crippen LogP contribution < -0.4 is 10.6 Å². The maximum atomic E-state index is 12.4. The molecule has 0 aromatic heterocycles. The molecule has 0 spiro atoms. The number of piperazine rings is 1. The molecule has 2 N–H and O–H groups in total. The first-order chi connectivity index (χ1) is 10.2. The van der Waals surface area contributed by atoms with Crippen molar-refractivity contribution in [2.24, 2.45) is 11.7 Å². The zero-order valence-electron chi connectivity index (χ0n) is 13.4. The quantitative estimate of drug-likeness (QED) is 0.902. The second-order valence-electron chi connectivity index (χ2n) is 6.26. The van der Waals surface area contributed by atoms with E-state index in [1.54, 1.807) is 0 Å². The molecule has 23 heavy (non-hydrogen) atoms. The number of halogens is 2. The third-order valence-electron chi connectivity index (χ3n) is 4.91. The molecule has 0 unspecified atom stereocenters. The lowest BCUT2D eigenvalue weighted by atomic mass is 9.99. The van der Waals surface area contributed by atoms with Crippen molar-refractivity contribution >= 4 is 36.4 Å². The molecule has 1 heterocycles. The van der Waals surface area contributed by atoms with Crippen LogP contribution in [-0.2, 0) is 4.79 Å². The highest BCUT2D eigenvalue weighted by Gasteiger charge is 2.29. The minimum absolute atomic E-state index is 0. The van der Waals surface area contributed by atoms with E-state index in [0.717, 1.165) is 39.0 Å². The number of para-hydroxylation sites is 1. The van der Waals surface area contributed by atoms with Gasteiger partial charge >= 0.3 is 0 Å². The molecule has 1 amide bonds. The van der Waals surface area contributed by atoms with Gasteiger partial charge in [-0.1, -0.05) is 24.6 Å². The average Bonchev–Trinajstić information content (AvgIpc) is 2.93. The Labute approximate surface area is 151 Å². The van der Waals surface area contributed by atoms with Crippen LogP contribution in [0.1, 0.15) is 25.7 Å². The average molecular weight is 360 g/mol. The van der Waals surface area contributed by atoms with Crippen LogP contribution in [-0.4, -0.2) is 43.0 Å². The molecule has 4 nitrogen and oxygen atoms in total. The first-order valence-electron chi connectivity index (χ1n) is 8.07. The van der Waals surface area contributed by atoms with Crippen molar-refractivity contribution in [3.8, 4) is 0 Å². The second kappa shape index (κ2) is 9.36. The molecule has 3 rings (SSSR count). The van der Waals surface area contributed by atoms with Gasteiger partial charge in [0.05, 0.1) is 0 Å². The molecule has 0 radical (unpaired) electrons. The van der Waals surface area contributed by atoms with Gasteiger partial charge in [0.1, 0.15) is 0 Å². The van der Waals surface area contributed by atoms with Gasteiger partial charge in [0, 0.05) is 44.3 Å². The Morgan fingerprint density at radius 3 is 2.26 bits per heavy atom. The third-order valence-corrected chi connectivity index (χ3v) is 4.91. The van der Waals surface area contributed by atoms with Crippen LogP contribution in [0.2, 0.25) is 0 Å². The largest absolute Gasteiger partial charge is 0.368 e. The predicted octanol–water partition coefficient (Wildman–Crippen LogP) is 2.70. The number of rotatable bonds is 3. The summed E-state index contributed by atoms with van der Waals surface area (Å²) in [5, 5.41) is 0. The van der Waals surface area contributed by atoms with E-state index >= 15 is 0 Å². The van der Waals surface area contributed by atoms with Crippen molar-refractivity contribution in [2.45, 2.75) is 31.7 Å². The number of benzene rings is 1. The number of carbonyl (C=O) groups is 1. The van der Waals surface area contributed by atoms with E-state index in [0.29, 0.717) is 18.2 Å². The summed E-state index contributed by atoms with van der Waals surface area (Å²) in [7, 11) is 0. The molecule has 0 bridgehead atoms. The fourth-order valence-corrected chi connectivity index (χ4v) is 3.53. The molecule has 1 aromatic rings. The maximum Gasteiger partial charge on any atom is 0.223 e. The topological polar surface area (TPSA) is 49.6 Å². The Morgan fingerprint density at radius 1 is 1.04 bits per heavy atom. The number of hydrogen-bond acceptors (Lipinski definition) is 3. The molecule has 1 aliphatic heterocycles. The molecule has 2 fully saturated rings. The molecular weight excluding hydrogens is 333 g/mol. The Bertz CT molecular complexity index is 478. The Kier molecular flexibility index (Phi) is 8.17. The normalized spacial score (nSPS) is 23.9. The van der Waals surface area contributed by atoms with Crippen molar-refractivity contribution in [1.29, 1.82) is 0 Å². The number of carbonyl (C=O) groups excluding carboxylic acids is 1. The van der Waals surface area contributed by atoms with Crippen LogP contribution >= 0.6 is 24.8 Å². The van der Waals surface area contributed by atoms with Gasteiger partial charge in [0.15, 0.2) is 0 Å². The van der Waals surface area contributed by atoms with Gasteiger partial charge in [-0.3, -0.25) is 4.79 Å². The standard InChI is InChI=1S/C17H25N3O.2ClH/c18-16-8-4-5-14(16)13-17(21)20-11-9-19(10-12-20)15-6-2-1-3-7-15;;/h1-3,6-7,14,16H,4-5,8-13,18H2;2*1H/t14-,16+;;/m0../s1. The van der Waals surface area contributed by atoms with E-state index in [-0.39, 0.29) is 30.9 Å². The zero-order valence-corrected chi connectivity index (χ0v) is 15.0. The van der Waals surface area contributed by atoms with Crippen LogP contribution in [0.25, 0.3) is 0 Å². The summed E-state index contributed by atoms with van der Waals surface area (Å²) in [6.45, 7) is 3.50. The van der Waals surface area contributed by atoms with Gasteiger partial charge in [-0.05, 0) is 30.9 Å². The molecule has 2 atom stereocenters. The lowest BCUT2D eigenvalue weighted by Crippen LogP contribution is -2.49. The van der Waals surface area contributed by atoms with E-state index in [1.165, 1.54) is 12.1 Å². The highest BCUT2D eigenvalue weighted by Crippen LogP contribution is 2.27. The lowest BCUT2D eigenvalue weighted by molar-refractivity contribution is -0.132. The fourth-order valence-electron chi connectivity index (χ4n) is 3.53. The smallest absolute Gasteiger partial charge is 0.223 e. The maximum absolute atomic E-state index is 12.4. The summed E-state index contributed by atoms with van der Waals surface area (Å²) in [6.07, 6.45) is 4.03. The number of amides is 1. The molecule has 1 saturated carbocycles. The van der Waals surface area contributed by atoms with Gasteiger partial charge in [-0.2, -0.15) is 0 Å². The zero-order chi connectivity index (χ0) is 14.7. The van der Waals surface area contributed by atoms with Crippen LogP contribution in [0.5, 0.6) is 0 Å². The van der Waals surface area contributed by atoms with Crippen molar-refractivity contribution in [1.82, 2.24) is 4.90 Å². The van der Waals surface area contributed by atoms with Crippen molar-refractivity contribution in [2.75, 3.05) is 31.1 Å². The summed E-state index contributed by atoms with van der Waals surface area (Å²) in [6, 6.07) is 10.7. The van der Waals surface area contributed by atoms with Crippen LogP contribution in [0, 0.1) is 5.92 Å². The van der Waals surface area contributed by atoms with Crippen molar-refractivity contribution < 1.29 is 4.79 Å². The second-order valence-corrected chi connectivity index (χ2v) is 6.26. The minimum Gasteiger partial charge on any atom is -0.368 e. The summed E-state index contributed by atoms with van der Waals surface area (Å²) in [4.78, 5) is 16.8. The molecule has 2 aliphatic rings. The van der Waals surface area contributed by atoms with Crippen molar-refractivity contribution in [3.05, 3.63) is 30.3 Å². The number of nitrogens with zero attached hydrogens (tertiary/aromatic N) is 2. The Morgan fingerprint density at radius 2 is 1.70 bits per heavy atom. The fraction of sp³-hybridized carbons (Fsp3) is 0.588. The van der Waals surface area contributed by atoms with Gasteiger partial charge in [0.2, 0.25) is 5.91 Å². The predicted molar refractivity (Wildman–Crippen MR) is 99.7 cm³/mol. The van der Waals surface area contributed by atoms with Gasteiger partial charge in [0.25, 0.3) is 0 Å². The van der Waals surface area contributed by atoms with Crippen LogP contribution in [0.4, 0.5) is 5.69 Å². The van der Waals surface area contributed by atoms with Crippen LogP contribution in [0.3, 0.4) is 0 Å². The van der Waals surface area contributed by atoms with E-state index in [9.17, 15) is 4.79 Å². The third kappa shape index (κ3) is 5.00. The van der Waals surface area contributed by atoms with E-state index < -0.39 is 0 Å². The summed E-state index contributed by atoms with van der Waals surface area (Å²) < 4.78 is 0. The highest BCUT2D eigenvalue weighted by molar-refractivity contribution is 5.85.